The maximum Gasteiger partial charge on any atom is 0.303 e. The van der Waals surface area contributed by atoms with Crippen molar-refractivity contribution in [1.29, 1.82) is 0 Å². The molecule has 16 rings (SSSR count). The van der Waals surface area contributed by atoms with E-state index in [2.05, 4.69) is 103 Å². The van der Waals surface area contributed by atoms with Gasteiger partial charge in [0, 0.05) is 134 Å². The normalized spacial score (nSPS) is 20.9. The molecule has 0 aromatic heterocycles. The lowest BCUT2D eigenvalue weighted by molar-refractivity contribution is -0.138. The Kier molecular flexibility index (Phi) is 36.5. The summed E-state index contributed by atoms with van der Waals surface area (Å²) in [7, 11) is 0. The number of benzene rings is 8. The van der Waals surface area contributed by atoms with E-state index in [9.17, 15) is 21.9 Å². The molecule has 2 aliphatic heterocycles. The first-order valence-corrected chi connectivity index (χ1v) is 49.3. The van der Waals surface area contributed by atoms with Crippen molar-refractivity contribution in [2.45, 2.75) is 348 Å². The van der Waals surface area contributed by atoms with E-state index in [0.717, 1.165) is 135 Å². The number of fused-ring (bicyclic) bond motifs is 6. The van der Waals surface area contributed by atoms with Crippen molar-refractivity contribution in [3.63, 3.8) is 0 Å². The zero-order chi connectivity index (χ0) is 99.3. The number of unbranched alkanes of at least 4 members (excludes halogenated alkanes) is 8. The van der Waals surface area contributed by atoms with Gasteiger partial charge in [-0.2, -0.15) is 0 Å². The Morgan fingerprint density at radius 3 is 0.894 bits per heavy atom. The van der Waals surface area contributed by atoms with Crippen molar-refractivity contribution in [3.05, 3.63) is 239 Å². The summed E-state index contributed by atoms with van der Waals surface area (Å²) in [5.74, 6) is -0.343. The summed E-state index contributed by atoms with van der Waals surface area (Å²) in [5.41, 5.74) is 13.8. The number of carbonyl (C=O) groups is 4. The third kappa shape index (κ3) is 31.0. The molecule has 2 saturated heterocycles. The van der Waals surface area contributed by atoms with Crippen LogP contribution in [0.5, 0.6) is 23.0 Å². The van der Waals surface area contributed by atoms with Crippen molar-refractivity contribution in [2.24, 2.45) is 10.8 Å². The number of nitrogens with zero attached hydrogens (tertiary/aromatic N) is 4. The van der Waals surface area contributed by atoms with Crippen LogP contribution in [0, 0.1) is 10.8 Å². The second-order valence-corrected chi connectivity index (χ2v) is 39.1. The van der Waals surface area contributed by atoms with Crippen LogP contribution in [0.15, 0.2) is 194 Å². The van der Waals surface area contributed by atoms with Crippen molar-refractivity contribution >= 4 is 46.6 Å². The largest absolute Gasteiger partial charge is 0.493 e. The SMILES string of the molecule is [2H]C(C)(C)N(Cc1ccccc1OCCCCCC(=O)O)c1ccc(C23CCC(C)(CC2)CC3)cc1.[2H]C(C)(C)N(Cc1ccccc1OCCCCCC(=O)O)c1ccc(C2CCCCO2)cc1.[2H]C([2H])(c1ccccc1OCCCCCC(=O)O)N(c1ccc(C23CCC(C)(CC2)CC3)cc1)C(C)C.[2H]C([2H])(c1ccccc1OCCCCCC(=O)O)N(c1ccc(C2CCO2)cc1)C(C)C. The highest BCUT2D eigenvalue weighted by Gasteiger charge is 2.48. The molecule has 18 heteroatoms. The first kappa shape index (κ1) is 93.8. The van der Waals surface area contributed by atoms with Gasteiger partial charge in [-0.3, -0.25) is 19.2 Å². The van der Waals surface area contributed by atoms with Crippen LogP contribution < -0.4 is 38.5 Å². The predicted octanol–water partition coefficient (Wildman–Crippen LogP) is 27.4. The highest BCUT2D eigenvalue weighted by Crippen LogP contribution is 2.59. The average molecular weight is 1810 g/mol. The molecule has 132 heavy (non-hydrogen) atoms. The maximum atomic E-state index is 10.7. The van der Waals surface area contributed by atoms with Gasteiger partial charge < -0.3 is 68.4 Å². The second kappa shape index (κ2) is 51.4. The summed E-state index contributed by atoms with van der Waals surface area (Å²) >= 11 is 0. The van der Waals surface area contributed by atoms with Crippen LogP contribution >= 0.6 is 0 Å². The second-order valence-electron chi connectivity index (χ2n) is 39.1. The van der Waals surface area contributed by atoms with Crippen LogP contribution in [-0.2, 0) is 65.6 Å². The minimum atomic E-state index is -1.79. The Labute approximate surface area is 798 Å². The predicted molar refractivity (Wildman–Crippen MR) is 534 cm³/mol. The summed E-state index contributed by atoms with van der Waals surface area (Å²) in [6.07, 6.45) is 30.1. The Morgan fingerprint density at radius 2 is 0.621 bits per heavy atom. The minimum absolute atomic E-state index is 0.0619. The first-order valence-electron chi connectivity index (χ1n) is 52.3. The Hall–Kier alpha value is -10.0. The molecule has 716 valence electrons. The van der Waals surface area contributed by atoms with E-state index >= 15 is 0 Å². The van der Waals surface area contributed by atoms with Gasteiger partial charge in [0.05, 0.1) is 53.5 Å². The number of ether oxygens (including phenoxy) is 6. The van der Waals surface area contributed by atoms with Gasteiger partial charge in [0.2, 0.25) is 0 Å². The molecule has 2 heterocycles. The third-order valence-corrected chi connectivity index (χ3v) is 27.9. The van der Waals surface area contributed by atoms with Gasteiger partial charge in [-0.05, 0) is 345 Å². The fourth-order valence-corrected chi connectivity index (χ4v) is 19.3. The Bertz CT molecular complexity index is 5060. The van der Waals surface area contributed by atoms with Crippen molar-refractivity contribution < 1.29 is 76.2 Å². The summed E-state index contributed by atoms with van der Waals surface area (Å²) < 4.78 is 89.7. The molecule has 0 spiro atoms. The van der Waals surface area contributed by atoms with Gasteiger partial charge in [-0.25, -0.2) is 0 Å². The Balaban J connectivity index is 0.000000177. The standard InChI is InChI=1S/2C31H43NO3.C27H37NO4.C25H33NO4/c2*1-24(2)32(23-25-9-6-7-10-28(25)35-22-8-4-5-11-29(33)34)27-14-12-26(13-15-27)31-19-16-30(3,17-20-31)18-21-31;1-21(2)28(24-16-14-22(15-17-24)25-12-7-9-19-31-25)20-23-10-5-6-11-26(23)32-18-8-3-4-13-27(29)30;1-19(2)26(22-13-11-20(12-14-22)24-15-17-30-24)18-21-8-5-6-9-23(21)29-16-7-3-4-10-25(27)28/h2*6-7,9-10,12-15,24H,4-5,8,11,16-23H2,1-3H3,(H,33,34);5-6,10-11,14-17,21,25H,3-4,7-9,12-13,18-20H2,1-2H3,(H,29,30);5-6,8-9,11-14,19,24H,3-4,7,10,15-18H2,1-2H3,(H,27,28)/i24D;23D2;21D;18D2. The van der Waals surface area contributed by atoms with E-state index < -0.39 is 48.9 Å². The summed E-state index contributed by atoms with van der Waals surface area (Å²) in [4.78, 5) is 50.5. The number of hydrogen-bond donors (Lipinski definition) is 4. The summed E-state index contributed by atoms with van der Waals surface area (Å²) in [6.45, 7) is 21.8. The van der Waals surface area contributed by atoms with Crippen LogP contribution in [0.3, 0.4) is 0 Å². The molecule has 6 aliphatic carbocycles. The molecule has 2 unspecified atom stereocenters. The van der Waals surface area contributed by atoms with Crippen LogP contribution in [0.2, 0.25) is 0 Å². The van der Waals surface area contributed by atoms with E-state index in [4.69, 9.17) is 54.3 Å². The summed E-state index contributed by atoms with van der Waals surface area (Å²) in [5, 5.41) is 35.1. The molecule has 4 N–H and O–H groups in total. The maximum absolute atomic E-state index is 10.7. The lowest BCUT2D eigenvalue weighted by Crippen LogP contribution is -2.42. The fourth-order valence-electron chi connectivity index (χ4n) is 19.3. The van der Waals surface area contributed by atoms with E-state index in [1.807, 2.05) is 163 Å². The molecular weight excluding hydrogens is 1650 g/mol. The van der Waals surface area contributed by atoms with Crippen LogP contribution in [0.25, 0.3) is 0 Å². The number of carboxylic acid groups (broad SMARTS) is 4. The molecule has 8 fully saturated rings. The molecule has 6 saturated carbocycles. The molecule has 0 amide bonds. The number of rotatable bonds is 48. The third-order valence-electron chi connectivity index (χ3n) is 27.9. The monoisotopic (exact) mass is 1810 g/mol. The molecule has 2 atom stereocenters. The zero-order valence-corrected chi connectivity index (χ0v) is 80.7. The topological polar surface area (TPSA) is 218 Å². The van der Waals surface area contributed by atoms with E-state index in [1.54, 1.807) is 17.0 Å². The van der Waals surface area contributed by atoms with Gasteiger partial charge >= 0.3 is 23.9 Å². The molecule has 8 aromatic carbocycles. The van der Waals surface area contributed by atoms with Crippen LogP contribution in [0.4, 0.5) is 22.7 Å². The molecular formula is C114H156N4O14. The Morgan fingerprint density at radius 1 is 0.348 bits per heavy atom. The minimum Gasteiger partial charge on any atom is -0.493 e. The fraction of sp³-hybridized carbons (Fsp3) is 0.544. The number of aliphatic carboxylic acids is 4. The van der Waals surface area contributed by atoms with E-state index in [-0.39, 0.29) is 50.0 Å². The van der Waals surface area contributed by atoms with E-state index in [1.165, 1.54) is 100 Å². The molecule has 0 radical (unpaired) electrons. The molecule has 8 aromatic rings. The zero-order valence-electron chi connectivity index (χ0n) is 86.7. The lowest BCUT2D eigenvalue weighted by Gasteiger charge is -2.52. The smallest absolute Gasteiger partial charge is 0.303 e. The molecule has 18 nitrogen and oxygen atoms in total. The quantitative estimate of drug-likeness (QED) is 0.0261. The number of carboxylic acids is 4. The van der Waals surface area contributed by atoms with Crippen LogP contribution in [0.1, 0.15) is 340 Å². The van der Waals surface area contributed by atoms with Crippen molar-refractivity contribution in [3.8, 4) is 23.0 Å². The van der Waals surface area contributed by atoms with Gasteiger partial charge in [-0.15, -0.1) is 0 Å². The number of anilines is 4. The highest BCUT2D eigenvalue weighted by atomic mass is 16.5. The number of hydrogen-bond acceptors (Lipinski definition) is 14. The number of para-hydroxylation sites is 4. The molecule has 8 aliphatic rings. The van der Waals surface area contributed by atoms with E-state index in [0.29, 0.717) is 109 Å². The van der Waals surface area contributed by atoms with Crippen molar-refractivity contribution in [2.75, 3.05) is 59.2 Å². The summed E-state index contributed by atoms with van der Waals surface area (Å²) in [6, 6.07) is 63.0. The van der Waals surface area contributed by atoms with Crippen molar-refractivity contribution in [1.82, 2.24) is 0 Å². The first-order chi connectivity index (χ1) is 65.8. The van der Waals surface area contributed by atoms with Crippen LogP contribution in [-0.4, -0.2) is 108 Å². The highest BCUT2D eigenvalue weighted by molar-refractivity contribution is 5.68. The van der Waals surface area contributed by atoms with Gasteiger partial charge in [0.25, 0.3) is 0 Å². The average Bonchev–Trinajstić information content (AvgIpc) is 0.748. The van der Waals surface area contributed by atoms with Gasteiger partial charge in [0.15, 0.2) is 0 Å². The van der Waals surface area contributed by atoms with Gasteiger partial charge in [-0.1, -0.05) is 135 Å². The molecule has 4 bridgehead atoms. The van der Waals surface area contributed by atoms with Gasteiger partial charge in [0.1, 0.15) is 23.0 Å². The lowest BCUT2D eigenvalue weighted by atomic mass is 9.52.